The Labute approximate surface area is 496 Å². The molecule has 3 heterocycles. The molecule has 0 aliphatic carbocycles. The normalized spacial score (nSPS) is 12.7. The lowest BCUT2D eigenvalue weighted by atomic mass is 10.1. The molecule has 0 spiro atoms. The number of azo groups is 3. The third kappa shape index (κ3) is 15.7. The summed E-state index contributed by atoms with van der Waals surface area (Å²) in [6.45, 7) is 5.39. The SMILES string of the molecule is CC(=O)Nc1c(S(=O)(=O)O)ccc2c1nc1c(C#N)c(C)c(N=Nc3cc(C)c(N=Nc4cc(C)c(N=Nc5nc6c(S(=O)(=O)O)cc7ccc(S(=O)(=O)O)cc7c6s5)cc4SCCCS(=O)(=O)O)cc3OCCCS(=O)(=O)O)c(O)n12.O=S(=O)=O. The number of nitriles is 1. The van der Waals surface area contributed by atoms with E-state index in [9.17, 15) is 80.0 Å². The van der Waals surface area contributed by atoms with Gasteiger partial charge in [-0.25, -0.2) is 9.97 Å². The monoisotopic (exact) mass is 1340 g/mol. The maximum absolute atomic E-state index is 12.5. The van der Waals surface area contributed by atoms with Crippen molar-refractivity contribution in [3.63, 3.8) is 0 Å². The van der Waals surface area contributed by atoms with Gasteiger partial charge in [-0.05, 0) is 104 Å². The average molecular weight is 1340 g/mol. The van der Waals surface area contributed by atoms with Crippen molar-refractivity contribution in [2.45, 2.75) is 60.1 Å². The van der Waals surface area contributed by atoms with Crippen molar-refractivity contribution in [2.75, 3.05) is 29.2 Å². The van der Waals surface area contributed by atoms with Crippen molar-refractivity contribution in [1.82, 2.24) is 14.4 Å². The first kappa shape index (κ1) is 65.6. The maximum atomic E-state index is 12.5. The number of rotatable bonds is 20. The van der Waals surface area contributed by atoms with Crippen LogP contribution in [0.25, 0.3) is 37.7 Å². The number of fused-ring (bicyclic) bond motifs is 6. The van der Waals surface area contributed by atoms with E-state index in [1.165, 1.54) is 37.3 Å². The molecule has 0 aliphatic heterocycles. The molecule has 7 N–H and O–H groups in total. The summed E-state index contributed by atoms with van der Waals surface area (Å²) in [5, 5.41) is 50.6. The quantitative estimate of drug-likeness (QED) is 0.0162. The number of benzene rings is 5. The first-order valence-electron chi connectivity index (χ1n) is 23.6. The van der Waals surface area contributed by atoms with Gasteiger partial charge in [-0.3, -0.25) is 32.0 Å². The first-order valence-corrected chi connectivity index (χ1v) is 33.9. The van der Waals surface area contributed by atoms with Crippen LogP contribution in [-0.4, -0.2) is 127 Å². The van der Waals surface area contributed by atoms with E-state index in [2.05, 4.69) is 46.0 Å². The first-order chi connectivity index (χ1) is 39.9. The van der Waals surface area contributed by atoms with Gasteiger partial charge in [0.2, 0.25) is 16.9 Å². The molecule has 8 rings (SSSR count). The van der Waals surface area contributed by atoms with Crippen molar-refractivity contribution >= 4 is 167 Å². The lowest BCUT2D eigenvalue weighted by Gasteiger charge is -2.12. The molecule has 0 aliphatic rings. The van der Waals surface area contributed by atoms with Crippen molar-refractivity contribution in [1.29, 1.82) is 5.26 Å². The van der Waals surface area contributed by atoms with E-state index in [1.807, 2.05) is 6.07 Å². The summed E-state index contributed by atoms with van der Waals surface area (Å²) in [6, 6.07) is 14.4. The van der Waals surface area contributed by atoms with Gasteiger partial charge in [0.25, 0.3) is 50.6 Å². The molecule has 40 heteroatoms. The second kappa shape index (κ2) is 25.6. The minimum absolute atomic E-state index is 0.0212. The number of ether oxygens (including phenoxy) is 1. The van der Waals surface area contributed by atoms with Crippen molar-refractivity contribution < 1.29 is 92.1 Å². The molecule has 0 saturated carbocycles. The molecule has 0 radical (unpaired) electrons. The number of aromatic nitrogens is 3. The third-order valence-corrected chi connectivity index (χ3v) is 18.1. The number of anilines is 1. The highest BCUT2D eigenvalue weighted by molar-refractivity contribution is 7.99. The molecule has 8 aromatic rings. The molecule has 0 fully saturated rings. The fourth-order valence-corrected chi connectivity index (χ4v) is 13.0. The Morgan fingerprint density at radius 2 is 1.31 bits per heavy atom. The fourth-order valence-electron chi connectivity index (χ4n) is 8.04. The number of hydrogen-bond donors (Lipinski definition) is 7. The van der Waals surface area contributed by atoms with E-state index < -0.39 is 105 Å². The Morgan fingerprint density at radius 3 is 1.92 bits per heavy atom. The number of thiazole rings is 1. The highest BCUT2D eigenvalue weighted by Crippen LogP contribution is 2.45. The van der Waals surface area contributed by atoms with Gasteiger partial charge in [-0.1, -0.05) is 17.4 Å². The lowest BCUT2D eigenvalue weighted by Crippen LogP contribution is -2.11. The summed E-state index contributed by atoms with van der Waals surface area (Å²) in [5.74, 6) is -2.63. The van der Waals surface area contributed by atoms with Gasteiger partial charge < -0.3 is 15.2 Å². The van der Waals surface area contributed by atoms with Crippen LogP contribution in [0, 0.1) is 32.1 Å². The molecule has 454 valence electrons. The van der Waals surface area contributed by atoms with Crippen LogP contribution < -0.4 is 10.1 Å². The number of imidazole rings is 1. The summed E-state index contributed by atoms with van der Waals surface area (Å²) < 4.78 is 201. The van der Waals surface area contributed by atoms with Crippen LogP contribution >= 0.6 is 23.1 Å². The third-order valence-electron chi connectivity index (χ3n) is 11.8. The molecule has 86 heavy (non-hydrogen) atoms. The zero-order valence-electron chi connectivity index (χ0n) is 44.1. The number of nitrogens with one attached hydrogen (secondary N) is 1. The molecule has 0 unspecified atom stereocenters. The summed E-state index contributed by atoms with van der Waals surface area (Å²) >= 11 is 1.88. The molecule has 5 aromatic carbocycles. The summed E-state index contributed by atoms with van der Waals surface area (Å²) in [4.78, 5) is 19.3. The number of pyridine rings is 1. The van der Waals surface area contributed by atoms with E-state index in [-0.39, 0.29) is 113 Å². The van der Waals surface area contributed by atoms with E-state index in [1.54, 1.807) is 19.9 Å². The molecular weight excluding hydrogens is 1300 g/mol. The zero-order chi connectivity index (χ0) is 63.6. The van der Waals surface area contributed by atoms with E-state index in [4.69, 9.17) is 17.4 Å². The van der Waals surface area contributed by atoms with Crippen molar-refractivity contribution in [3.8, 4) is 17.7 Å². The number of carbonyl (C=O) groups is 1. The molecule has 1 amide bonds. The number of thioether (sulfide) groups is 1. The zero-order valence-corrected chi connectivity index (χ0v) is 50.6. The van der Waals surface area contributed by atoms with Gasteiger partial charge in [0.1, 0.15) is 43.9 Å². The van der Waals surface area contributed by atoms with E-state index in [0.717, 1.165) is 58.7 Å². The molecule has 0 saturated heterocycles. The number of carbonyl (C=O) groups excluding carboxylic acids is 1. The minimum Gasteiger partial charge on any atom is -0.493 e. The Morgan fingerprint density at radius 1 is 0.721 bits per heavy atom. The van der Waals surface area contributed by atoms with Crippen LogP contribution in [-0.2, 0) is 66.0 Å². The van der Waals surface area contributed by atoms with Gasteiger partial charge in [0, 0.05) is 28.8 Å². The van der Waals surface area contributed by atoms with E-state index >= 15 is 0 Å². The predicted molar refractivity (Wildman–Crippen MR) is 308 cm³/mol. The standard InChI is InChI=1S/C46H41N11O18S7.O3S/c1-22-15-32(53-55-39-24(3)29(21-47)44-49-40-34(57(44)45(39)59)9-10-37(81(69,70)71)41(40)48-25(4)58)35(75-11-5-13-78(60,61)62)19-30(22)51-54-33-16-23(2)31(20-36(33)76-12-6-14-79(63,64)65)52-56-46-50-42-38(82(72,73)74)17-26-7-8-27(80(66,67)68)18-28(26)43(42)77-46;1-4(2)3/h7-10,15-20,59H,5-6,11-14H2,1-4H3,(H,48,58)(H,60,61,62)(H,63,64,65)(H,66,67,68)(H,69,70,71)(H,72,73,74);. The Balaban J connectivity index is 0.00000256. The van der Waals surface area contributed by atoms with Crippen LogP contribution in [0.15, 0.2) is 111 Å². The van der Waals surface area contributed by atoms with Crippen LogP contribution in [0.1, 0.15) is 42.0 Å². The molecule has 32 nitrogen and oxygen atoms in total. The summed E-state index contributed by atoms with van der Waals surface area (Å²) in [7, 11) is -26.4. The summed E-state index contributed by atoms with van der Waals surface area (Å²) in [5.41, 5.74) is -0.283. The second-order valence-corrected chi connectivity index (χ2v) is 27.8. The number of nitrogens with zero attached hydrogens (tertiary/aromatic N) is 10. The maximum Gasteiger partial charge on any atom is 0.425 e. The van der Waals surface area contributed by atoms with Crippen LogP contribution in [0.5, 0.6) is 11.6 Å². The molecule has 0 bridgehead atoms. The van der Waals surface area contributed by atoms with Crippen LogP contribution in [0.4, 0.5) is 39.3 Å². The Hall–Kier alpha value is -7.92. The molecule has 3 aromatic heterocycles. The average Bonchev–Trinajstić information content (AvgIpc) is 1.58. The van der Waals surface area contributed by atoms with Crippen molar-refractivity contribution in [3.05, 3.63) is 82.9 Å². The van der Waals surface area contributed by atoms with Gasteiger partial charge in [0.15, 0.2) is 11.3 Å². The van der Waals surface area contributed by atoms with Gasteiger partial charge in [0.05, 0.1) is 56.0 Å². The van der Waals surface area contributed by atoms with Gasteiger partial charge in [-0.15, -0.1) is 50.0 Å². The Kier molecular flexibility index (Phi) is 19.5. The topological polar surface area (TPSA) is 510 Å². The van der Waals surface area contributed by atoms with Crippen molar-refractivity contribution in [2.24, 2.45) is 30.7 Å². The van der Waals surface area contributed by atoms with E-state index in [0.29, 0.717) is 16.0 Å². The fraction of sp³-hybridized carbons (Fsp3) is 0.217. The van der Waals surface area contributed by atoms with Gasteiger partial charge in [-0.2, -0.15) is 52.5 Å². The molecule has 0 atom stereocenters. The van der Waals surface area contributed by atoms with Crippen LogP contribution in [0.2, 0.25) is 0 Å². The predicted octanol–water partition coefficient (Wildman–Crippen LogP) is 8.72. The number of aryl methyl sites for hydroxylation is 2. The number of hydrogen-bond acceptors (Lipinski definition) is 27. The summed E-state index contributed by atoms with van der Waals surface area (Å²) in [6.07, 6.45) is -0.233. The lowest BCUT2D eigenvalue weighted by molar-refractivity contribution is -0.114. The highest BCUT2D eigenvalue weighted by Gasteiger charge is 2.27. The highest BCUT2D eigenvalue weighted by atomic mass is 32.2. The number of amides is 1. The minimum atomic E-state index is -4.93. The molecular formula is C46H41N11O21S8. The Bertz CT molecular complexity index is 5010. The largest absolute Gasteiger partial charge is 0.493 e. The smallest absolute Gasteiger partial charge is 0.425 e. The van der Waals surface area contributed by atoms with Crippen LogP contribution in [0.3, 0.4) is 0 Å². The van der Waals surface area contributed by atoms with Gasteiger partial charge >= 0.3 is 10.6 Å². The number of aromatic hydroxyl groups is 1. The second-order valence-electron chi connectivity index (χ2n) is 17.9.